The summed E-state index contributed by atoms with van der Waals surface area (Å²) in [5.74, 6) is -0.923. The van der Waals surface area contributed by atoms with Crippen molar-refractivity contribution in [3.63, 3.8) is 0 Å². The van der Waals surface area contributed by atoms with Gasteiger partial charge in [-0.1, -0.05) is 0 Å². The molecule has 0 saturated carbocycles. The first-order valence-electron chi connectivity index (χ1n) is 8.62. The SMILES string of the molecule is CN(c1cc(F)cc(F)c1)C1CCN(C(=O)Nc2ccc(=O)n(C)n2)CC1. The molecule has 2 heterocycles. The number of nitrogens with zero attached hydrogens (tertiary/aromatic N) is 4. The number of anilines is 2. The number of piperidine rings is 1. The Balaban J connectivity index is 1.58. The third-order valence-corrected chi connectivity index (χ3v) is 4.75. The van der Waals surface area contributed by atoms with E-state index in [1.54, 1.807) is 11.9 Å². The Bertz CT molecular complexity index is 873. The topological polar surface area (TPSA) is 70.5 Å². The molecule has 3 rings (SSSR count). The van der Waals surface area contributed by atoms with Crippen molar-refractivity contribution in [2.45, 2.75) is 18.9 Å². The molecule has 0 unspecified atom stereocenters. The summed E-state index contributed by atoms with van der Waals surface area (Å²) >= 11 is 0. The van der Waals surface area contributed by atoms with E-state index in [2.05, 4.69) is 10.4 Å². The average molecular weight is 377 g/mol. The molecule has 27 heavy (non-hydrogen) atoms. The molecule has 0 spiro atoms. The van der Waals surface area contributed by atoms with Gasteiger partial charge in [0.15, 0.2) is 5.82 Å². The van der Waals surface area contributed by atoms with Crippen molar-refractivity contribution < 1.29 is 13.6 Å². The van der Waals surface area contributed by atoms with Crippen molar-refractivity contribution in [2.24, 2.45) is 7.05 Å². The third kappa shape index (κ3) is 4.42. The van der Waals surface area contributed by atoms with E-state index in [-0.39, 0.29) is 17.6 Å². The fourth-order valence-electron chi connectivity index (χ4n) is 3.17. The predicted octanol–water partition coefficient (Wildman–Crippen LogP) is 2.19. The maximum absolute atomic E-state index is 13.4. The van der Waals surface area contributed by atoms with Gasteiger partial charge in [0.2, 0.25) is 0 Å². The second kappa shape index (κ2) is 7.73. The lowest BCUT2D eigenvalue weighted by Crippen LogP contribution is -2.47. The molecule has 1 aromatic heterocycles. The van der Waals surface area contributed by atoms with Crippen molar-refractivity contribution >= 4 is 17.5 Å². The quantitative estimate of drug-likeness (QED) is 0.890. The molecule has 1 saturated heterocycles. The summed E-state index contributed by atoms with van der Waals surface area (Å²) < 4.78 is 28.0. The fourth-order valence-corrected chi connectivity index (χ4v) is 3.17. The van der Waals surface area contributed by atoms with Crippen LogP contribution in [0.3, 0.4) is 0 Å². The van der Waals surface area contributed by atoms with Gasteiger partial charge in [0, 0.05) is 51.0 Å². The van der Waals surface area contributed by atoms with Crippen molar-refractivity contribution in [3.05, 3.63) is 52.3 Å². The van der Waals surface area contributed by atoms with Gasteiger partial charge in [0.05, 0.1) is 0 Å². The maximum atomic E-state index is 13.4. The molecule has 1 fully saturated rings. The summed E-state index contributed by atoms with van der Waals surface area (Å²) in [5, 5.41) is 6.65. The van der Waals surface area contributed by atoms with E-state index in [0.717, 1.165) is 10.7 Å². The van der Waals surface area contributed by atoms with Crippen LogP contribution in [0.4, 0.5) is 25.1 Å². The highest BCUT2D eigenvalue weighted by Crippen LogP contribution is 2.24. The second-order valence-corrected chi connectivity index (χ2v) is 6.57. The van der Waals surface area contributed by atoms with Crippen LogP contribution in [0.5, 0.6) is 0 Å². The summed E-state index contributed by atoms with van der Waals surface area (Å²) in [6, 6.07) is 6.02. The normalized spacial score (nSPS) is 14.9. The summed E-state index contributed by atoms with van der Waals surface area (Å²) in [7, 11) is 3.30. The van der Waals surface area contributed by atoms with Gasteiger partial charge < -0.3 is 9.80 Å². The van der Waals surface area contributed by atoms with Gasteiger partial charge in [-0.3, -0.25) is 10.1 Å². The summed E-state index contributed by atoms with van der Waals surface area (Å²) in [5.41, 5.74) is 0.218. The predicted molar refractivity (Wildman–Crippen MR) is 97.9 cm³/mol. The second-order valence-electron chi connectivity index (χ2n) is 6.57. The van der Waals surface area contributed by atoms with Crippen molar-refractivity contribution in [1.82, 2.24) is 14.7 Å². The molecule has 0 bridgehead atoms. The van der Waals surface area contributed by atoms with E-state index in [0.29, 0.717) is 37.4 Å². The number of hydrogen-bond acceptors (Lipinski definition) is 4. The average Bonchev–Trinajstić information content (AvgIpc) is 2.63. The van der Waals surface area contributed by atoms with Crippen LogP contribution < -0.4 is 15.8 Å². The number of halogens is 2. The molecule has 7 nitrogen and oxygen atoms in total. The smallest absolute Gasteiger partial charge is 0.323 e. The molecule has 1 N–H and O–H groups in total. The molecule has 9 heteroatoms. The van der Waals surface area contributed by atoms with Gasteiger partial charge >= 0.3 is 6.03 Å². The lowest BCUT2D eigenvalue weighted by atomic mass is 10.0. The van der Waals surface area contributed by atoms with Gasteiger partial charge in [0.25, 0.3) is 5.56 Å². The molecule has 0 radical (unpaired) electrons. The number of aryl methyl sites for hydroxylation is 1. The Morgan fingerprint density at radius 2 is 1.81 bits per heavy atom. The molecule has 0 atom stereocenters. The molecular formula is C18H21F2N5O2. The lowest BCUT2D eigenvalue weighted by molar-refractivity contribution is 0.194. The number of likely N-dealkylation sites (tertiary alicyclic amines) is 1. The Kier molecular flexibility index (Phi) is 5.38. The van der Waals surface area contributed by atoms with Crippen LogP contribution in [0.2, 0.25) is 0 Å². The third-order valence-electron chi connectivity index (χ3n) is 4.75. The van der Waals surface area contributed by atoms with Crippen molar-refractivity contribution in [3.8, 4) is 0 Å². The molecule has 1 aromatic carbocycles. The highest BCUT2D eigenvalue weighted by Gasteiger charge is 2.26. The van der Waals surface area contributed by atoms with E-state index in [1.807, 2.05) is 4.90 Å². The van der Waals surface area contributed by atoms with Crippen LogP contribution >= 0.6 is 0 Å². The zero-order chi connectivity index (χ0) is 19.6. The first kappa shape index (κ1) is 18.8. The van der Waals surface area contributed by atoms with Crippen LogP contribution in [0.25, 0.3) is 0 Å². The van der Waals surface area contributed by atoms with Crippen LogP contribution in [0.15, 0.2) is 35.1 Å². The zero-order valence-electron chi connectivity index (χ0n) is 15.2. The molecule has 1 aliphatic rings. The highest BCUT2D eigenvalue weighted by molar-refractivity contribution is 5.88. The van der Waals surface area contributed by atoms with Crippen LogP contribution in [-0.2, 0) is 7.05 Å². The summed E-state index contributed by atoms with van der Waals surface area (Å²) in [6.45, 7) is 1.01. The van der Waals surface area contributed by atoms with Crippen LogP contribution in [0.1, 0.15) is 12.8 Å². The van der Waals surface area contributed by atoms with Gasteiger partial charge in [-0.05, 0) is 31.0 Å². The minimum absolute atomic E-state index is 0.0749. The summed E-state index contributed by atoms with van der Waals surface area (Å²) in [4.78, 5) is 27.2. The zero-order valence-corrected chi connectivity index (χ0v) is 15.2. The number of carbonyl (C=O) groups is 1. The number of nitrogens with one attached hydrogen (secondary N) is 1. The van der Waals surface area contributed by atoms with Crippen LogP contribution in [0, 0.1) is 11.6 Å². The monoisotopic (exact) mass is 377 g/mol. The van der Waals surface area contributed by atoms with Gasteiger partial charge in [-0.2, -0.15) is 5.10 Å². The molecule has 0 aliphatic carbocycles. The molecule has 2 aromatic rings. The van der Waals surface area contributed by atoms with E-state index in [9.17, 15) is 18.4 Å². The Labute approximate surface area is 155 Å². The van der Waals surface area contributed by atoms with Gasteiger partial charge in [0.1, 0.15) is 11.6 Å². The number of amides is 2. The minimum atomic E-state index is -0.613. The van der Waals surface area contributed by atoms with Gasteiger partial charge in [-0.25, -0.2) is 18.3 Å². The van der Waals surface area contributed by atoms with Crippen molar-refractivity contribution in [1.29, 1.82) is 0 Å². The molecule has 2 amide bonds. The van der Waals surface area contributed by atoms with Crippen LogP contribution in [-0.4, -0.2) is 46.9 Å². The van der Waals surface area contributed by atoms with E-state index in [4.69, 9.17) is 0 Å². The number of carbonyl (C=O) groups excluding carboxylic acids is 1. The van der Waals surface area contributed by atoms with Gasteiger partial charge in [-0.15, -0.1) is 0 Å². The standard InChI is InChI=1S/C18H21F2N5O2/c1-23(15-10-12(19)9-13(20)11-15)14-5-7-25(8-6-14)18(27)21-16-3-4-17(26)24(2)22-16/h3-4,9-11,14H,5-8H2,1-2H3,(H,21,22,27). The molecule has 144 valence electrons. The number of benzene rings is 1. The Hall–Kier alpha value is -2.97. The van der Waals surface area contributed by atoms with E-state index >= 15 is 0 Å². The maximum Gasteiger partial charge on any atom is 0.323 e. The molecular weight excluding hydrogens is 356 g/mol. The Morgan fingerprint density at radius 3 is 2.41 bits per heavy atom. The number of urea groups is 1. The molecule has 1 aliphatic heterocycles. The minimum Gasteiger partial charge on any atom is -0.371 e. The first-order valence-corrected chi connectivity index (χ1v) is 8.62. The largest absolute Gasteiger partial charge is 0.371 e. The lowest BCUT2D eigenvalue weighted by Gasteiger charge is -2.37. The number of rotatable bonds is 3. The number of aromatic nitrogens is 2. The fraction of sp³-hybridized carbons (Fsp3) is 0.389. The van der Waals surface area contributed by atoms with Crippen molar-refractivity contribution in [2.75, 3.05) is 30.4 Å². The van der Waals surface area contributed by atoms with E-state index < -0.39 is 11.6 Å². The summed E-state index contributed by atoms with van der Waals surface area (Å²) in [6.07, 6.45) is 1.34. The van der Waals surface area contributed by atoms with E-state index in [1.165, 1.54) is 31.3 Å². The number of hydrogen-bond donors (Lipinski definition) is 1. The highest BCUT2D eigenvalue weighted by atomic mass is 19.1. The first-order chi connectivity index (χ1) is 12.8. The Morgan fingerprint density at radius 1 is 1.19 bits per heavy atom.